The van der Waals surface area contributed by atoms with E-state index in [2.05, 4.69) is 94.9 Å². The van der Waals surface area contributed by atoms with Crippen molar-refractivity contribution < 1.29 is 4.57 Å². The number of aromatic nitrogens is 1. The van der Waals surface area contributed by atoms with Crippen molar-refractivity contribution in [2.75, 3.05) is 0 Å². The van der Waals surface area contributed by atoms with Gasteiger partial charge in [0, 0.05) is 17.2 Å². The summed E-state index contributed by atoms with van der Waals surface area (Å²) in [5.41, 5.74) is 11.8. The predicted octanol–water partition coefficient (Wildman–Crippen LogP) is 5.39. The van der Waals surface area contributed by atoms with Crippen molar-refractivity contribution in [3.05, 3.63) is 76.5 Å². The molecule has 0 saturated carbocycles. The molecule has 0 aliphatic rings. The van der Waals surface area contributed by atoms with Crippen molar-refractivity contribution in [3.63, 3.8) is 0 Å². The molecule has 0 bridgehead atoms. The van der Waals surface area contributed by atoms with Crippen LogP contribution in [0.5, 0.6) is 0 Å². The molecule has 0 aliphatic heterocycles. The lowest BCUT2D eigenvalue weighted by Gasteiger charge is -2.13. The lowest BCUT2D eigenvalue weighted by molar-refractivity contribution is -0.660. The van der Waals surface area contributed by atoms with Crippen LogP contribution in [-0.4, -0.2) is 0 Å². The van der Waals surface area contributed by atoms with Gasteiger partial charge in [-0.2, -0.15) is 0 Å². The van der Waals surface area contributed by atoms with Crippen LogP contribution in [0, 0.1) is 34.6 Å². The number of nitrogens with zero attached hydrogens (tertiary/aromatic N) is 1. The van der Waals surface area contributed by atoms with Gasteiger partial charge in [-0.1, -0.05) is 35.9 Å². The molecule has 0 aliphatic carbocycles. The summed E-state index contributed by atoms with van der Waals surface area (Å²) in [6.45, 7) is 10.9. The highest BCUT2D eigenvalue weighted by atomic mass is 14.9. The molecule has 0 radical (unpaired) electrons. The van der Waals surface area contributed by atoms with E-state index in [1.54, 1.807) is 0 Å². The molecule has 0 spiro atoms. The third kappa shape index (κ3) is 2.99. The first-order valence-corrected chi connectivity index (χ1v) is 8.52. The van der Waals surface area contributed by atoms with Crippen LogP contribution in [0.3, 0.4) is 0 Å². The molecule has 3 aromatic rings. The largest absolute Gasteiger partial charge is 0.212 e. The zero-order valence-corrected chi connectivity index (χ0v) is 15.6. The molecule has 1 nitrogen and oxygen atoms in total. The van der Waals surface area contributed by atoms with E-state index in [1.807, 2.05) is 0 Å². The van der Waals surface area contributed by atoms with E-state index < -0.39 is 0 Å². The average molecular weight is 316 g/mol. The Morgan fingerprint density at radius 3 is 1.92 bits per heavy atom. The maximum Gasteiger partial charge on any atom is 0.212 e. The van der Waals surface area contributed by atoms with Crippen molar-refractivity contribution >= 4 is 0 Å². The highest BCUT2D eigenvalue weighted by Gasteiger charge is 2.16. The summed E-state index contributed by atoms with van der Waals surface area (Å²) in [7, 11) is 2.13. The molecule has 1 heterocycles. The van der Waals surface area contributed by atoms with E-state index >= 15 is 0 Å². The van der Waals surface area contributed by atoms with Gasteiger partial charge >= 0.3 is 0 Å². The second-order valence-corrected chi connectivity index (χ2v) is 6.98. The Morgan fingerprint density at radius 1 is 0.625 bits per heavy atom. The quantitative estimate of drug-likeness (QED) is 0.558. The second kappa shape index (κ2) is 6.24. The van der Waals surface area contributed by atoms with Crippen LogP contribution in [0.2, 0.25) is 0 Å². The number of hydrogen-bond acceptors (Lipinski definition) is 0. The van der Waals surface area contributed by atoms with Gasteiger partial charge in [0.05, 0.1) is 0 Å². The molecule has 122 valence electrons. The van der Waals surface area contributed by atoms with E-state index in [1.165, 1.54) is 50.2 Å². The molecule has 0 atom stereocenters. The van der Waals surface area contributed by atoms with E-state index in [-0.39, 0.29) is 0 Å². The smallest absolute Gasteiger partial charge is 0.201 e. The predicted molar refractivity (Wildman–Crippen MR) is 102 cm³/mol. The standard InChI is InChI=1S/C23H26N/c1-15-7-9-20(10-8-15)21-13-22(18(4)11-17(21)3)23-12-16(2)19(5)14-24(23)6/h7-14H,1-6H3/q+1. The Morgan fingerprint density at radius 2 is 1.25 bits per heavy atom. The Bertz CT molecular complexity index is 902. The van der Waals surface area contributed by atoms with Crippen LogP contribution >= 0.6 is 0 Å². The van der Waals surface area contributed by atoms with Crippen molar-refractivity contribution in [3.8, 4) is 22.4 Å². The summed E-state index contributed by atoms with van der Waals surface area (Å²) < 4.78 is 2.24. The molecule has 1 aromatic heterocycles. The molecule has 0 fully saturated rings. The topological polar surface area (TPSA) is 3.88 Å². The number of rotatable bonds is 2. The first kappa shape index (κ1) is 16.4. The third-order valence-electron chi connectivity index (χ3n) is 4.95. The number of pyridine rings is 1. The molecule has 2 aromatic carbocycles. The molecule has 0 N–H and O–H groups in total. The number of hydrogen-bond donors (Lipinski definition) is 0. The van der Waals surface area contributed by atoms with Crippen molar-refractivity contribution in [1.29, 1.82) is 0 Å². The molecule has 0 unspecified atom stereocenters. The first-order chi connectivity index (χ1) is 11.4. The van der Waals surface area contributed by atoms with Gasteiger partial charge in [-0.3, -0.25) is 0 Å². The zero-order valence-electron chi connectivity index (χ0n) is 15.6. The minimum atomic E-state index is 1.27. The van der Waals surface area contributed by atoms with Crippen LogP contribution in [0.15, 0.2) is 48.7 Å². The molecule has 0 saturated heterocycles. The fourth-order valence-corrected chi connectivity index (χ4v) is 3.32. The normalized spacial score (nSPS) is 10.9. The lowest BCUT2D eigenvalue weighted by atomic mass is 9.92. The summed E-state index contributed by atoms with van der Waals surface area (Å²) in [5, 5.41) is 0. The Hall–Kier alpha value is -2.41. The summed E-state index contributed by atoms with van der Waals surface area (Å²) in [4.78, 5) is 0. The lowest BCUT2D eigenvalue weighted by Crippen LogP contribution is -2.31. The molecule has 24 heavy (non-hydrogen) atoms. The van der Waals surface area contributed by atoms with Crippen molar-refractivity contribution in [1.82, 2.24) is 0 Å². The Balaban J connectivity index is 2.21. The van der Waals surface area contributed by atoms with Crippen LogP contribution in [0.1, 0.15) is 27.8 Å². The van der Waals surface area contributed by atoms with Gasteiger partial charge < -0.3 is 0 Å². The molecular weight excluding hydrogens is 290 g/mol. The zero-order chi connectivity index (χ0) is 17.4. The SMILES string of the molecule is Cc1ccc(-c2cc(-c3cc(C)c(C)c[n+]3C)c(C)cc2C)cc1. The summed E-state index contributed by atoms with van der Waals surface area (Å²) >= 11 is 0. The molecular formula is C23H26N+. The molecule has 3 rings (SSSR count). The first-order valence-electron chi connectivity index (χ1n) is 8.52. The minimum absolute atomic E-state index is 1.27. The highest BCUT2D eigenvalue weighted by molar-refractivity contribution is 5.75. The fraction of sp³-hybridized carbons (Fsp3) is 0.261. The maximum absolute atomic E-state index is 2.35. The maximum atomic E-state index is 2.35. The Kier molecular flexibility index (Phi) is 4.28. The average Bonchev–Trinajstić information content (AvgIpc) is 2.53. The highest BCUT2D eigenvalue weighted by Crippen LogP contribution is 2.31. The van der Waals surface area contributed by atoms with Crippen LogP contribution in [0.25, 0.3) is 22.4 Å². The van der Waals surface area contributed by atoms with Gasteiger partial charge in [-0.05, 0) is 68.5 Å². The van der Waals surface area contributed by atoms with Crippen LogP contribution < -0.4 is 4.57 Å². The van der Waals surface area contributed by atoms with Crippen molar-refractivity contribution in [2.24, 2.45) is 7.05 Å². The van der Waals surface area contributed by atoms with Crippen LogP contribution in [0.4, 0.5) is 0 Å². The Labute approximate surface area is 145 Å². The number of benzene rings is 2. The van der Waals surface area contributed by atoms with E-state index in [0.717, 1.165) is 0 Å². The minimum Gasteiger partial charge on any atom is -0.201 e. The monoisotopic (exact) mass is 316 g/mol. The number of aryl methyl sites for hydroxylation is 6. The van der Waals surface area contributed by atoms with E-state index in [4.69, 9.17) is 0 Å². The second-order valence-electron chi connectivity index (χ2n) is 6.98. The van der Waals surface area contributed by atoms with Gasteiger partial charge in [-0.25, -0.2) is 4.57 Å². The van der Waals surface area contributed by atoms with Crippen molar-refractivity contribution in [2.45, 2.75) is 34.6 Å². The molecule has 0 amide bonds. The van der Waals surface area contributed by atoms with Gasteiger partial charge in [-0.15, -0.1) is 0 Å². The van der Waals surface area contributed by atoms with Gasteiger partial charge in [0.1, 0.15) is 7.05 Å². The van der Waals surface area contributed by atoms with E-state index in [9.17, 15) is 0 Å². The van der Waals surface area contributed by atoms with Gasteiger partial charge in [0.15, 0.2) is 6.20 Å². The van der Waals surface area contributed by atoms with Gasteiger partial charge in [0.25, 0.3) is 0 Å². The summed E-state index contributed by atoms with van der Waals surface area (Å²) in [6.07, 6.45) is 2.22. The van der Waals surface area contributed by atoms with E-state index in [0.29, 0.717) is 0 Å². The fourth-order valence-electron chi connectivity index (χ4n) is 3.32. The van der Waals surface area contributed by atoms with Crippen LogP contribution in [-0.2, 0) is 7.05 Å². The van der Waals surface area contributed by atoms with Gasteiger partial charge in [0.2, 0.25) is 5.69 Å². The third-order valence-corrected chi connectivity index (χ3v) is 4.95. The summed E-state index contributed by atoms with van der Waals surface area (Å²) in [6, 6.07) is 15.8. The summed E-state index contributed by atoms with van der Waals surface area (Å²) in [5.74, 6) is 0. The molecule has 1 heteroatoms.